The molecule has 0 unspecified atom stereocenters. The first-order valence-electron chi connectivity index (χ1n) is 8.58. The normalized spacial score (nSPS) is 15.1. The molecule has 1 aliphatic rings. The summed E-state index contributed by atoms with van der Waals surface area (Å²) in [4.78, 5) is 13.9. The van der Waals surface area contributed by atoms with Crippen LogP contribution in [0.4, 0.5) is 11.4 Å². The molecule has 130 valence electrons. The van der Waals surface area contributed by atoms with E-state index >= 15 is 0 Å². The lowest BCUT2D eigenvalue weighted by molar-refractivity contribution is -0.117. The molecule has 0 aromatic heterocycles. The zero-order valence-corrected chi connectivity index (χ0v) is 15.4. The Kier molecular flexibility index (Phi) is 5.34. The van der Waals surface area contributed by atoms with Crippen LogP contribution >= 0.6 is 12.2 Å². The second-order valence-corrected chi connectivity index (χ2v) is 6.79. The zero-order valence-electron chi connectivity index (χ0n) is 14.6. The molecular weight excluding hydrogens is 330 g/mol. The van der Waals surface area contributed by atoms with Crippen LogP contribution in [-0.2, 0) is 4.79 Å². The summed E-state index contributed by atoms with van der Waals surface area (Å²) in [5.41, 5.74) is 4.13. The Morgan fingerprint density at radius 3 is 2.64 bits per heavy atom. The Labute approximate surface area is 154 Å². The number of amides is 1. The van der Waals surface area contributed by atoms with E-state index in [9.17, 15) is 4.79 Å². The predicted octanol–water partition coefficient (Wildman–Crippen LogP) is 4.17. The average Bonchev–Trinajstić information content (AvgIpc) is 3.03. The second kappa shape index (κ2) is 7.66. The van der Waals surface area contributed by atoms with Crippen LogP contribution in [-0.4, -0.2) is 17.6 Å². The Hall–Kier alpha value is -2.40. The topological polar surface area (TPSA) is 44.4 Å². The molecule has 1 atom stereocenters. The molecule has 0 bridgehead atoms. The van der Waals surface area contributed by atoms with Gasteiger partial charge in [-0.25, -0.2) is 0 Å². The third kappa shape index (κ3) is 4.17. The maximum Gasteiger partial charge on any atom is 0.227 e. The number of thiocarbonyl (C=S) groups is 1. The van der Waals surface area contributed by atoms with Gasteiger partial charge in [0.1, 0.15) is 0 Å². The number of nitrogens with one attached hydrogen (secondary N) is 2. The SMILES string of the molecule is Cc1ccc(NC(=S)N[C@H](C)c2ccccc2)cc1N1CCCC1=O. The molecule has 25 heavy (non-hydrogen) atoms. The van der Waals surface area contributed by atoms with E-state index in [2.05, 4.69) is 29.7 Å². The van der Waals surface area contributed by atoms with Crippen molar-refractivity contribution in [1.29, 1.82) is 0 Å². The first-order chi connectivity index (χ1) is 12.0. The maximum absolute atomic E-state index is 12.0. The van der Waals surface area contributed by atoms with Gasteiger partial charge < -0.3 is 15.5 Å². The van der Waals surface area contributed by atoms with Crippen LogP contribution in [0.3, 0.4) is 0 Å². The van der Waals surface area contributed by atoms with Crippen LogP contribution in [0.25, 0.3) is 0 Å². The predicted molar refractivity (Wildman–Crippen MR) is 107 cm³/mol. The highest BCUT2D eigenvalue weighted by molar-refractivity contribution is 7.80. The van der Waals surface area contributed by atoms with E-state index in [4.69, 9.17) is 12.2 Å². The van der Waals surface area contributed by atoms with Crippen LogP contribution in [0.5, 0.6) is 0 Å². The Morgan fingerprint density at radius 1 is 1.20 bits per heavy atom. The summed E-state index contributed by atoms with van der Waals surface area (Å²) < 4.78 is 0. The van der Waals surface area contributed by atoms with Gasteiger partial charge in [0.2, 0.25) is 5.91 Å². The van der Waals surface area contributed by atoms with E-state index in [-0.39, 0.29) is 11.9 Å². The lowest BCUT2D eigenvalue weighted by Gasteiger charge is -2.21. The van der Waals surface area contributed by atoms with Gasteiger partial charge in [0.25, 0.3) is 0 Å². The average molecular weight is 353 g/mol. The number of hydrogen-bond acceptors (Lipinski definition) is 2. The minimum Gasteiger partial charge on any atom is -0.356 e. The first-order valence-corrected chi connectivity index (χ1v) is 8.99. The van der Waals surface area contributed by atoms with Crippen molar-refractivity contribution in [3.63, 3.8) is 0 Å². The molecule has 0 radical (unpaired) electrons. The van der Waals surface area contributed by atoms with Gasteiger partial charge in [-0.15, -0.1) is 0 Å². The number of nitrogens with zero attached hydrogens (tertiary/aromatic N) is 1. The molecule has 1 saturated heterocycles. The van der Waals surface area contributed by atoms with E-state index in [0.29, 0.717) is 11.5 Å². The van der Waals surface area contributed by atoms with Crippen LogP contribution in [0.1, 0.15) is 36.9 Å². The molecule has 0 aliphatic carbocycles. The van der Waals surface area contributed by atoms with Gasteiger partial charge in [0.15, 0.2) is 5.11 Å². The maximum atomic E-state index is 12.0. The van der Waals surface area contributed by atoms with Gasteiger partial charge in [0, 0.05) is 24.3 Å². The Balaban J connectivity index is 1.68. The Bertz CT molecular complexity index is 776. The smallest absolute Gasteiger partial charge is 0.227 e. The zero-order chi connectivity index (χ0) is 17.8. The molecule has 1 amide bonds. The molecule has 5 heteroatoms. The third-order valence-electron chi connectivity index (χ3n) is 4.48. The van der Waals surface area contributed by atoms with Crippen molar-refractivity contribution in [2.45, 2.75) is 32.7 Å². The molecular formula is C20H23N3OS. The summed E-state index contributed by atoms with van der Waals surface area (Å²) in [6.07, 6.45) is 1.55. The lowest BCUT2D eigenvalue weighted by atomic mass is 10.1. The molecule has 1 aliphatic heterocycles. The van der Waals surface area contributed by atoms with E-state index in [1.54, 1.807) is 0 Å². The third-order valence-corrected chi connectivity index (χ3v) is 4.70. The minimum atomic E-state index is 0.117. The van der Waals surface area contributed by atoms with E-state index in [1.807, 2.05) is 48.2 Å². The van der Waals surface area contributed by atoms with Crippen LogP contribution in [0.2, 0.25) is 0 Å². The fourth-order valence-electron chi connectivity index (χ4n) is 3.07. The standard InChI is InChI=1S/C20H23N3OS/c1-14-10-11-17(13-18(14)23-12-6-9-19(23)24)22-20(25)21-15(2)16-7-4-3-5-8-16/h3-5,7-8,10-11,13,15H,6,9,12H2,1-2H3,(H2,21,22,25)/t15-/m1/s1. The number of rotatable bonds is 4. The molecule has 3 rings (SSSR count). The Morgan fingerprint density at radius 2 is 1.96 bits per heavy atom. The molecule has 0 spiro atoms. The van der Waals surface area contributed by atoms with E-state index < -0.39 is 0 Å². The van der Waals surface area contributed by atoms with Crippen LogP contribution in [0.15, 0.2) is 48.5 Å². The molecule has 4 nitrogen and oxygen atoms in total. The van der Waals surface area contributed by atoms with Crippen molar-refractivity contribution in [3.05, 3.63) is 59.7 Å². The van der Waals surface area contributed by atoms with Crippen LogP contribution < -0.4 is 15.5 Å². The van der Waals surface area contributed by atoms with E-state index in [1.165, 1.54) is 5.56 Å². The summed E-state index contributed by atoms with van der Waals surface area (Å²) in [5, 5.41) is 7.10. The van der Waals surface area contributed by atoms with Gasteiger partial charge in [-0.1, -0.05) is 36.4 Å². The highest BCUT2D eigenvalue weighted by Crippen LogP contribution is 2.28. The summed E-state index contributed by atoms with van der Waals surface area (Å²) in [7, 11) is 0. The number of aryl methyl sites for hydroxylation is 1. The van der Waals surface area contributed by atoms with Gasteiger partial charge in [0.05, 0.1) is 6.04 Å². The fourth-order valence-corrected chi connectivity index (χ4v) is 3.36. The molecule has 2 aromatic rings. The summed E-state index contributed by atoms with van der Waals surface area (Å²) in [5.74, 6) is 0.193. The molecule has 2 aromatic carbocycles. The number of carbonyl (C=O) groups excluding carboxylic acids is 1. The second-order valence-electron chi connectivity index (χ2n) is 6.38. The largest absolute Gasteiger partial charge is 0.356 e. The van der Waals surface area contributed by atoms with Crippen molar-refractivity contribution in [1.82, 2.24) is 5.32 Å². The lowest BCUT2D eigenvalue weighted by Crippen LogP contribution is -2.31. The fraction of sp³-hybridized carbons (Fsp3) is 0.300. The van der Waals surface area contributed by atoms with Gasteiger partial charge in [-0.3, -0.25) is 4.79 Å². The highest BCUT2D eigenvalue weighted by atomic mass is 32.1. The monoisotopic (exact) mass is 353 g/mol. The van der Waals surface area contributed by atoms with E-state index in [0.717, 1.165) is 29.9 Å². The van der Waals surface area contributed by atoms with Gasteiger partial charge >= 0.3 is 0 Å². The van der Waals surface area contributed by atoms with Crippen molar-refractivity contribution in [2.24, 2.45) is 0 Å². The van der Waals surface area contributed by atoms with Gasteiger partial charge in [-0.05, 0) is 55.7 Å². The van der Waals surface area contributed by atoms with Crippen molar-refractivity contribution in [2.75, 3.05) is 16.8 Å². The minimum absolute atomic E-state index is 0.117. The molecule has 2 N–H and O–H groups in total. The van der Waals surface area contributed by atoms with Crippen molar-refractivity contribution in [3.8, 4) is 0 Å². The number of benzene rings is 2. The quantitative estimate of drug-likeness (QED) is 0.810. The summed E-state index contributed by atoms with van der Waals surface area (Å²) in [6, 6.07) is 16.3. The highest BCUT2D eigenvalue weighted by Gasteiger charge is 2.23. The molecule has 1 heterocycles. The van der Waals surface area contributed by atoms with Crippen molar-refractivity contribution < 1.29 is 4.79 Å². The molecule has 0 saturated carbocycles. The first kappa shape index (κ1) is 17.4. The number of hydrogen-bond donors (Lipinski definition) is 2. The number of anilines is 2. The van der Waals surface area contributed by atoms with Crippen LogP contribution in [0, 0.1) is 6.92 Å². The summed E-state index contributed by atoms with van der Waals surface area (Å²) in [6.45, 7) is 4.89. The summed E-state index contributed by atoms with van der Waals surface area (Å²) >= 11 is 5.44. The van der Waals surface area contributed by atoms with Gasteiger partial charge in [-0.2, -0.15) is 0 Å². The number of carbonyl (C=O) groups is 1. The molecule has 1 fully saturated rings. The van der Waals surface area contributed by atoms with Crippen molar-refractivity contribution >= 4 is 34.6 Å².